The number of nitrogens with one attached hydrogen (secondary N) is 1. The van der Waals surface area contributed by atoms with Crippen LogP contribution in [0.4, 0.5) is 24.5 Å². The van der Waals surface area contributed by atoms with E-state index < -0.39 is 34.0 Å². The third-order valence-corrected chi connectivity index (χ3v) is 11.1. The number of rotatable bonds is 11. The van der Waals surface area contributed by atoms with E-state index in [1.54, 1.807) is 53.4 Å². The Hall–Kier alpha value is -4.90. The molecule has 0 bridgehead atoms. The van der Waals surface area contributed by atoms with Gasteiger partial charge in [-0.3, -0.25) is 9.52 Å². The summed E-state index contributed by atoms with van der Waals surface area (Å²) in [6, 6.07) is 21.5. The average molecular weight is 832 g/mol. The highest BCUT2D eigenvalue weighted by atomic mass is 35.5. The van der Waals surface area contributed by atoms with Crippen molar-refractivity contribution in [2.45, 2.75) is 50.6 Å². The Morgan fingerprint density at radius 1 is 0.947 bits per heavy atom. The Kier molecular flexibility index (Phi) is 14.4. The van der Waals surface area contributed by atoms with Crippen molar-refractivity contribution in [1.82, 2.24) is 14.8 Å². The van der Waals surface area contributed by atoms with Crippen molar-refractivity contribution in [3.05, 3.63) is 112 Å². The summed E-state index contributed by atoms with van der Waals surface area (Å²) in [5, 5.41) is 16.2. The number of alkyl halides is 3. The number of aliphatic hydroxyl groups is 1. The van der Waals surface area contributed by atoms with Crippen LogP contribution in [0.25, 0.3) is 0 Å². The lowest BCUT2D eigenvalue weighted by molar-refractivity contribution is -0.145. The molecule has 2 saturated heterocycles. The van der Waals surface area contributed by atoms with E-state index in [1.165, 1.54) is 13.0 Å². The number of amides is 1. The van der Waals surface area contributed by atoms with Crippen LogP contribution >= 0.6 is 11.6 Å². The summed E-state index contributed by atoms with van der Waals surface area (Å²) in [5.74, 6) is -0.736. The second-order valence-corrected chi connectivity index (χ2v) is 15.9. The van der Waals surface area contributed by atoms with Crippen molar-refractivity contribution in [3.8, 4) is 11.5 Å². The fourth-order valence-electron chi connectivity index (χ4n) is 6.53. The van der Waals surface area contributed by atoms with Crippen molar-refractivity contribution in [1.29, 1.82) is 0 Å². The van der Waals surface area contributed by atoms with Crippen LogP contribution < -0.4 is 14.4 Å². The number of likely N-dealkylation sites (tertiary alicyclic amines) is 1. The van der Waals surface area contributed by atoms with Gasteiger partial charge in [-0.1, -0.05) is 42.8 Å². The molecule has 1 aromatic heterocycles. The molecule has 3 N–H and O–H groups in total. The smallest absolute Gasteiger partial charge is 0.433 e. The van der Waals surface area contributed by atoms with Gasteiger partial charge in [-0.15, -0.1) is 0 Å². The third kappa shape index (κ3) is 12.3. The molecule has 0 aliphatic carbocycles. The van der Waals surface area contributed by atoms with E-state index in [9.17, 15) is 31.2 Å². The van der Waals surface area contributed by atoms with Crippen LogP contribution in [0.1, 0.15) is 59.8 Å². The molecule has 1 amide bonds. The number of carbonyl (C=O) groups is 2. The van der Waals surface area contributed by atoms with E-state index in [0.717, 1.165) is 69.1 Å². The first kappa shape index (κ1) is 43.2. The summed E-state index contributed by atoms with van der Waals surface area (Å²) in [6.07, 6.45) is -3.24. The lowest BCUT2D eigenvalue weighted by Gasteiger charge is -2.36. The minimum absolute atomic E-state index is 0.167. The predicted molar refractivity (Wildman–Crippen MR) is 211 cm³/mol. The molecule has 57 heavy (non-hydrogen) atoms. The van der Waals surface area contributed by atoms with Gasteiger partial charge < -0.3 is 29.6 Å². The van der Waals surface area contributed by atoms with E-state index >= 15 is 0 Å². The number of likely N-dealkylation sites (N-methyl/N-ethyl adjacent to an activating group) is 1. The zero-order valence-corrected chi connectivity index (χ0v) is 33.0. The number of sulfonamides is 1. The molecule has 0 radical (unpaired) electrons. The number of hydrogen-bond donors (Lipinski definition) is 3. The molecule has 3 heterocycles. The Morgan fingerprint density at radius 3 is 2.16 bits per heavy atom. The Labute approximate surface area is 334 Å². The first-order valence-corrected chi connectivity index (χ1v) is 20.4. The minimum atomic E-state index is -4.52. The Balaban J connectivity index is 0.000000959. The summed E-state index contributed by atoms with van der Waals surface area (Å²) in [7, 11) is -3.84. The van der Waals surface area contributed by atoms with Gasteiger partial charge in [-0.05, 0) is 98.0 Å². The number of piperazine rings is 1. The van der Waals surface area contributed by atoms with Crippen molar-refractivity contribution >= 4 is 44.9 Å². The lowest BCUT2D eigenvalue weighted by atomic mass is 9.89. The molecule has 0 spiro atoms. The van der Waals surface area contributed by atoms with Crippen molar-refractivity contribution in [2.24, 2.45) is 0 Å². The predicted octanol–water partition coefficient (Wildman–Crippen LogP) is 7.10. The molecule has 0 saturated carbocycles. The summed E-state index contributed by atoms with van der Waals surface area (Å²) in [6.45, 7) is 8.48. The van der Waals surface area contributed by atoms with Crippen LogP contribution in [0, 0.1) is 0 Å². The highest BCUT2D eigenvalue weighted by Crippen LogP contribution is 2.34. The van der Waals surface area contributed by atoms with Gasteiger partial charge in [0.2, 0.25) is 10.0 Å². The zero-order valence-electron chi connectivity index (χ0n) is 31.5. The quantitative estimate of drug-likeness (QED) is 0.143. The van der Waals surface area contributed by atoms with E-state index in [1.807, 2.05) is 18.2 Å². The van der Waals surface area contributed by atoms with Gasteiger partial charge in [-0.25, -0.2) is 18.2 Å². The van der Waals surface area contributed by atoms with Gasteiger partial charge in [0.1, 0.15) is 23.3 Å². The fourth-order valence-corrected chi connectivity index (χ4v) is 7.93. The molecule has 2 aliphatic rings. The SMILES string of the molecule is CCN1CCN(c2ccc(C(=O)N3CCC(c4ccc(Oc5ccc(C(F)(F)F)nc5)cc4)CC3)cc2NS(=O)(=O)Cc2cccc(Cl)c2)CC1.C[C@H](O)C(=O)O. The maximum Gasteiger partial charge on any atom is 0.433 e. The molecule has 1 atom stereocenters. The monoisotopic (exact) mass is 831 g/mol. The topological polar surface area (TPSA) is 153 Å². The first-order valence-electron chi connectivity index (χ1n) is 18.4. The number of aromatic nitrogens is 1. The molecule has 17 heteroatoms. The van der Waals surface area contributed by atoms with Gasteiger partial charge >= 0.3 is 12.1 Å². The van der Waals surface area contributed by atoms with Crippen molar-refractivity contribution in [2.75, 3.05) is 55.4 Å². The van der Waals surface area contributed by atoms with Crippen molar-refractivity contribution in [3.63, 3.8) is 0 Å². The number of aliphatic hydroxyl groups excluding tert-OH is 1. The number of hydrogen-bond acceptors (Lipinski definition) is 9. The number of aliphatic carboxylic acids is 1. The van der Waals surface area contributed by atoms with Gasteiger partial charge in [0.05, 0.1) is 23.3 Å². The second kappa shape index (κ2) is 19.0. The molecule has 12 nitrogen and oxygen atoms in total. The highest BCUT2D eigenvalue weighted by molar-refractivity contribution is 7.91. The van der Waals surface area contributed by atoms with Crippen LogP contribution in [0.2, 0.25) is 5.02 Å². The summed E-state index contributed by atoms with van der Waals surface area (Å²) >= 11 is 6.10. The number of ether oxygens (including phenoxy) is 1. The highest BCUT2D eigenvalue weighted by Gasteiger charge is 2.32. The Bertz CT molecular complexity index is 2090. The van der Waals surface area contributed by atoms with Crippen LogP contribution in [-0.4, -0.2) is 97.2 Å². The largest absolute Gasteiger partial charge is 0.479 e. The van der Waals surface area contributed by atoms with Gasteiger partial charge in [0.15, 0.2) is 0 Å². The standard InChI is InChI=1S/C37H39ClF3N5O4S.C3H6O3/c1-2-44-18-20-45(21-19-44)34-12-8-29(23-33(34)43-51(48,49)25-26-4-3-5-30(38)22-26)36(47)46-16-14-28(15-17-46)27-6-9-31(10-7-27)50-32-11-13-35(42-24-32)37(39,40)41;1-2(4)3(5)6/h3-13,22-24,28,43H,2,14-21,25H2,1H3;2,4H,1H3,(H,5,6)/t;2-/m.0/s1. The Morgan fingerprint density at radius 2 is 1.60 bits per heavy atom. The van der Waals surface area contributed by atoms with Crippen LogP contribution in [0.3, 0.4) is 0 Å². The van der Waals surface area contributed by atoms with Gasteiger partial charge in [0, 0.05) is 49.9 Å². The number of nitrogens with zero attached hydrogens (tertiary/aromatic N) is 4. The third-order valence-electron chi connectivity index (χ3n) is 9.67. The van der Waals surface area contributed by atoms with E-state index in [-0.39, 0.29) is 23.3 Å². The van der Waals surface area contributed by atoms with E-state index in [4.69, 9.17) is 26.6 Å². The fraction of sp³-hybridized carbons (Fsp3) is 0.375. The number of pyridine rings is 1. The van der Waals surface area contributed by atoms with E-state index in [2.05, 4.69) is 26.4 Å². The molecular formula is C40H45ClF3N5O7S. The van der Waals surface area contributed by atoms with Crippen LogP contribution in [0.5, 0.6) is 11.5 Å². The van der Waals surface area contributed by atoms with Crippen molar-refractivity contribution < 1.29 is 46.1 Å². The number of carboxylic acids is 1. The zero-order chi connectivity index (χ0) is 41.3. The van der Waals surface area contributed by atoms with E-state index in [0.29, 0.717) is 40.7 Å². The molecule has 2 aliphatic heterocycles. The molecule has 0 unspecified atom stereocenters. The number of benzene rings is 3. The summed E-state index contributed by atoms with van der Waals surface area (Å²) in [4.78, 5) is 32.9. The molecule has 6 rings (SSSR count). The first-order chi connectivity index (χ1) is 27.0. The molecule has 4 aromatic rings. The summed E-state index contributed by atoms with van der Waals surface area (Å²) in [5.41, 5.74) is 2.16. The number of halogens is 4. The molecular weight excluding hydrogens is 787 g/mol. The van der Waals surface area contributed by atoms with Gasteiger partial charge in [-0.2, -0.15) is 13.2 Å². The maximum absolute atomic E-state index is 13.8. The molecule has 3 aromatic carbocycles. The normalized spacial score (nSPS) is 16.0. The molecule has 306 valence electrons. The molecule has 2 fully saturated rings. The van der Waals surface area contributed by atoms with Crippen LogP contribution in [0.15, 0.2) is 85.1 Å². The minimum Gasteiger partial charge on any atom is -0.479 e. The van der Waals surface area contributed by atoms with Crippen LogP contribution in [-0.2, 0) is 26.7 Å². The second-order valence-electron chi connectivity index (χ2n) is 13.8. The number of anilines is 2. The number of carboxylic acid groups (broad SMARTS) is 1. The van der Waals surface area contributed by atoms with Gasteiger partial charge in [0.25, 0.3) is 5.91 Å². The lowest BCUT2D eigenvalue weighted by Crippen LogP contribution is -2.46. The maximum atomic E-state index is 13.8. The summed E-state index contributed by atoms with van der Waals surface area (Å²) < 4.78 is 73.7. The number of piperidine rings is 1. The number of carbonyl (C=O) groups excluding carboxylic acids is 1. The average Bonchev–Trinajstić information content (AvgIpc) is 3.18.